The van der Waals surface area contributed by atoms with Gasteiger partial charge in [-0.15, -0.1) is 6.58 Å². The highest BCUT2D eigenvalue weighted by molar-refractivity contribution is 4.90. The van der Waals surface area contributed by atoms with Crippen molar-refractivity contribution in [3.8, 4) is 6.07 Å². The molecular weight excluding hydrogens is 186 g/mol. The standard InChI is InChI=1S/C12H21N3/c1-4-8-15-10-12(5-7-13)14(3)9-6-11(15)2/h4,11-12H,1,5-6,8-10H2,2-3H3. The maximum absolute atomic E-state index is 8.79. The summed E-state index contributed by atoms with van der Waals surface area (Å²) in [5.74, 6) is 0. The van der Waals surface area contributed by atoms with Gasteiger partial charge in [-0.3, -0.25) is 4.90 Å². The minimum absolute atomic E-state index is 0.375. The summed E-state index contributed by atoms with van der Waals surface area (Å²) in [7, 11) is 2.12. The molecule has 1 aliphatic heterocycles. The van der Waals surface area contributed by atoms with E-state index in [0.29, 0.717) is 18.5 Å². The summed E-state index contributed by atoms with van der Waals surface area (Å²) in [5, 5.41) is 8.79. The largest absolute Gasteiger partial charge is 0.301 e. The second-order valence-corrected chi connectivity index (χ2v) is 4.38. The zero-order chi connectivity index (χ0) is 11.3. The Morgan fingerprint density at radius 2 is 2.33 bits per heavy atom. The Morgan fingerprint density at radius 1 is 1.60 bits per heavy atom. The van der Waals surface area contributed by atoms with Crippen LogP contribution in [0.15, 0.2) is 12.7 Å². The van der Waals surface area contributed by atoms with Crippen LogP contribution in [0.25, 0.3) is 0 Å². The minimum atomic E-state index is 0.375. The number of hydrogen-bond donors (Lipinski definition) is 0. The molecule has 1 fully saturated rings. The first-order valence-corrected chi connectivity index (χ1v) is 5.61. The van der Waals surface area contributed by atoms with E-state index in [1.54, 1.807) is 0 Å². The van der Waals surface area contributed by atoms with E-state index in [2.05, 4.69) is 36.4 Å². The van der Waals surface area contributed by atoms with E-state index in [9.17, 15) is 0 Å². The zero-order valence-electron chi connectivity index (χ0n) is 9.82. The smallest absolute Gasteiger partial charge is 0.0638 e. The lowest BCUT2D eigenvalue weighted by Crippen LogP contribution is -2.40. The molecule has 0 N–H and O–H groups in total. The molecule has 1 rings (SSSR count). The van der Waals surface area contributed by atoms with Crippen molar-refractivity contribution in [2.75, 3.05) is 26.7 Å². The summed E-state index contributed by atoms with van der Waals surface area (Å²) in [6.07, 6.45) is 3.74. The van der Waals surface area contributed by atoms with Crippen molar-refractivity contribution in [1.29, 1.82) is 5.26 Å². The van der Waals surface area contributed by atoms with Gasteiger partial charge in [-0.1, -0.05) is 6.08 Å². The van der Waals surface area contributed by atoms with Crippen molar-refractivity contribution in [3.63, 3.8) is 0 Å². The topological polar surface area (TPSA) is 30.3 Å². The molecule has 0 radical (unpaired) electrons. The SMILES string of the molecule is C=CCN1CC(CC#N)N(C)CCC1C. The highest BCUT2D eigenvalue weighted by atomic mass is 15.2. The molecule has 0 aromatic rings. The molecule has 0 saturated carbocycles. The Labute approximate surface area is 93.0 Å². The fraction of sp³-hybridized carbons (Fsp3) is 0.750. The van der Waals surface area contributed by atoms with E-state index in [-0.39, 0.29) is 0 Å². The normalized spacial score (nSPS) is 29.4. The molecule has 0 amide bonds. The van der Waals surface area contributed by atoms with Gasteiger partial charge >= 0.3 is 0 Å². The fourth-order valence-electron chi connectivity index (χ4n) is 2.09. The lowest BCUT2D eigenvalue weighted by atomic mass is 10.2. The van der Waals surface area contributed by atoms with Crippen LogP contribution in [-0.4, -0.2) is 48.6 Å². The minimum Gasteiger partial charge on any atom is -0.301 e. The van der Waals surface area contributed by atoms with Gasteiger partial charge in [0.05, 0.1) is 12.5 Å². The van der Waals surface area contributed by atoms with Crippen LogP contribution in [0.5, 0.6) is 0 Å². The number of rotatable bonds is 3. The molecular formula is C12H21N3. The monoisotopic (exact) mass is 207 g/mol. The first-order valence-electron chi connectivity index (χ1n) is 5.61. The first-order chi connectivity index (χ1) is 7.19. The highest BCUT2D eigenvalue weighted by Crippen LogP contribution is 2.15. The van der Waals surface area contributed by atoms with E-state index in [1.807, 2.05) is 6.08 Å². The van der Waals surface area contributed by atoms with Gasteiger partial charge in [0.1, 0.15) is 0 Å². The summed E-state index contributed by atoms with van der Waals surface area (Å²) < 4.78 is 0. The summed E-state index contributed by atoms with van der Waals surface area (Å²) >= 11 is 0. The predicted molar refractivity (Wildman–Crippen MR) is 62.5 cm³/mol. The van der Waals surface area contributed by atoms with Crippen LogP contribution in [0.2, 0.25) is 0 Å². The van der Waals surface area contributed by atoms with E-state index in [1.165, 1.54) is 6.42 Å². The van der Waals surface area contributed by atoms with E-state index in [0.717, 1.165) is 19.6 Å². The summed E-state index contributed by atoms with van der Waals surface area (Å²) in [5.41, 5.74) is 0. The van der Waals surface area contributed by atoms with Crippen molar-refractivity contribution in [3.05, 3.63) is 12.7 Å². The second kappa shape index (κ2) is 5.89. The Kier molecular flexibility index (Phi) is 4.80. The molecule has 0 spiro atoms. The summed E-state index contributed by atoms with van der Waals surface area (Å²) in [6, 6.07) is 3.25. The quantitative estimate of drug-likeness (QED) is 0.657. The van der Waals surface area contributed by atoms with Crippen molar-refractivity contribution < 1.29 is 0 Å². The van der Waals surface area contributed by atoms with Crippen LogP contribution in [0.1, 0.15) is 19.8 Å². The lowest BCUT2D eigenvalue weighted by Gasteiger charge is -2.28. The van der Waals surface area contributed by atoms with Crippen LogP contribution < -0.4 is 0 Å². The average Bonchev–Trinajstić information content (AvgIpc) is 2.34. The second-order valence-electron chi connectivity index (χ2n) is 4.38. The molecule has 15 heavy (non-hydrogen) atoms. The van der Waals surface area contributed by atoms with Gasteiger partial charge in [0, 0.05) is 25.2 Å². The van der Waals surface area contributed by atoms with Crippen molar-refractivity contribution in [1.82, 2.24) is 9.80 Å². The van der Waals surface area contributed by atoms with E-state index in [4.69, 9.17) is 5.26 Å². The third-order valence-electron chi connectivity index (χ3n) is 3.28. The number of likely N-dealkylation sites (N-methyl/N-ethyl adjacent to an activating group) is 1. The maximum Gasteiger partial charge on any atom is 0.0638 e. The van der Waals surface area contributed by atoms with Crippen molar-refractivity contribution in [2.24, 2.45) is 0 Å². The number of hydrogen-bond acceptors (Lipinski definition) is 3. The number of nitrogens with zero attached hydrogens (tertiary/aromatic N) is 3. The third kappa shape index (κ3) is 3.33. The zero-order valence-corrected chi connectivity index (χ0v) is 9.82. The van der Waals surface area contributed by atoms with Gasteiger partial charge in [-0.25, -0.2) is 0 Å². The molecule has 0 aromatic heterocycles. The number of nitriles is 1. The van der Waals surface area contributed by atoms with Gasteiger partial charge < -0.3 is 4.90 Å². The molecule has 0 bridgehead atoms. The maximum atomic E-state index is 8.79. The highest BCUT2D eigenvalue weighted by Gasteiger charge is 2.25. The molecule has 84 valence electrons. The molecule has 3 nitrogen and oxygen atoms in total. The van der Waals surface area contributed by atoms with Crippen LogP contribution in [0, 0.1) is 11.3 Å². The van der Waals surface area contributed by atoms with Gasteiger partial charge in [0.25, 0.3) is 0 Å². The first kappa shape index (κ1) is 12.2. The average molecular weight is 207 g/mol. The van der Waals surface area contributed by atoms with Crippen LogP contribution in [0.4, 0.5) is 0 Å². The molecule has 3 heteroatoms. The molecule has 1 aliphatic rings. The van der Waals surface area contributed by atoms with Crippen LogP contribution >= 0.6 is 0 Å². The molecule has 0 aliphatic carbocycles. The van der Waals surface area contributed by atoms with Gasteiger partial charge in [-0.2, -0.15) is 5.26 Å². The fourth-order valence-corrected chi connectivity index (χ4v) is 2.09. The van der Waals surface area contributed by atoms with Gasteiger partial charge in [0.15, 0.2) is 0 Å². The van der Waals surface area contributed by atoms with Crippen molar-refractivity contribution >= 4 is 0 Å². The lowest BCUT2D eigenvalue weighted by molar-refractivity contribution is 0.197. The Hall–Kier alpha value is -0.850. The van der Waals surface area contributed by atoms with E-state index < -0.39 is 0 Å². The molecule has 2 unspecified atom stereocenters. The third-order valence-corrected chi connectivity index (χ3v) is 3.28. The molecule has 1 saturated heterocycles. The van der Waals surface area contributed by atoms with Gasteiger partial charge in [0.2, 0.25) is 0 Å². The Bertz CT molecular complexity index is 244. The predicted octanol–water partition coefficient (Wildman–Crippen LogP) is 1.48. The van der Waals surface area contributed by atoms with Crippen LogP contribution in [0.3, 0.4) is 0 Å². The molecule has 2 atom stereocenters. The molecule has 1 heterocycles. The van der Waals surface area contributed by atoms with Crippen LogP contribution in [-0.2, 0) is 0 Å². The Morgan fingerprint density at radius 3 is 2.93 bits per heavy atom. The van der Waals surface area contributed by atoms with E-state index >= 15 is 0 Å². The summed E-state index contributed by atoms with van der Waals surface area (Å²) in [4.78, 5) is 4.72. The van der Waals surface area contributed by atoms with Crippen molar-refractivity contribution in [2.45, 2.75) is 31.8 Å². The Balaban J connectivity index is 2.65. The summed E-state index contributed by atoms with van der Waals surface area (Å²) in [6.45, 7) is 9.04. The molecule has 0 aromatic carbocycles. The van der Waals surface area contributed by atoms with Gasteiger partial charge in [-0.05, 0) is 26.9 Å².